The van der Waals surface area contributed by atoms with E-state index >= 15 is 0 Å². The summed E-state index contributed by atoms with van der Waals surface area (Å²) in [6.45, 7) is 7.51. The lowest BCUT2D eigenvalue weighted by Crippen LogP contribution is -2.44. The van der Waals surface area contributed by atoms with E-state index in [1.54, 1.807) is 7.11 Å². The van der Waals surface area contributed by atoms with Crippen LogP contribution in [0.5, 0.6) is 11.5 Å². The average Bonchev–Trinajstić information content (AvgIpc) is 2.89. The van der Waals surface area contributed by atoms with E-state index in [2.05, 4.69) is 97.4 Å². The monoisotopic (exact) mass is 560 g/mol. The molecule has 0 saturated heterocycles. The largest absolute Gasteiger partial charge is 0.495 e. The summed E-state index contributed by atoms with van der Waals surface area (Å²) >= 11 is 3.73. The zero-order valence-corrected chi connectivity index (χ0v) is 24.1. The minimum atomic E-state index is -1.94. The van der Waals surface area contributed by atoms with Gasteiger partial charge in [0.15, 0.2) is 0 Å². The standard InChI is InChI=1S/C31H33BrO3Si/c1-31(2,3)29-26(22-35-36(24-16-10-6-11-17-24)25-18-12-7-13-19-25)28(20-27(32)30(29)33-4)34-21-23-14-8-5-9-15-23/h5-20,36H,21-22H2,1-4H3. The number of halogens is 1. The van der Waals surface area contributed by atoms with Crippen molar-refractivity contribution in [1.29, 1.82) is 0 Å². The first-order valence-electron chi connectivity index (χ1n) is 12.2. The average molecular weight is 562 g/mol. The molecule has 0 aromatic heterocycles. The SMILES string of the molecule is COc1c(Br)cc(OCc2ccccc2)c(CO[SiH](c2ccccc2)c2ccccc2)c1C(C)(C)C. The molecule has 186 valence electrons. The maximum absolute atomic E-state index is 6.86. The van der Waals surface area contributed by atoms with E-state index in [0.717, 1.165) is 32.7 Å². The molecule has 4 aromatic rings. The second-order valence-corrected chi connectivity index (χ2v) is 13.1. The van der Waals surface area contributed by atoms with Gasteiger partial charge in [0.1, 0.15) is 18.1 Å². The van der Waals surface area contributed by atoms with Gasteiger partial charge in [0, 0.05) is 11.1 Å². The number of hydrogen-bond acceptors (Lipinski definition) is 3. The molecule has 0 unspecified atom stereocenters. The second kappa shape index (κ2) is 11.9. The molecular weight excluding hydrogens is 528 g/mol. The first-order chi connectivity index (χ1) is 17.4. The first-order valence-corrected chi connectivity index (χ1v) is 14.6. The van der Waals surface area contributed by atoms with E-state index in [0.29, 0.717) is 13.2 Å². The van der Waals surface area contributed by atoms with Gasteiger partial charge < -0.3 is 13.9 Å². The minimum Gasteiger partial charge on any atom is -0.495 e. The number of benzene rings is 4. The fourth-order valence-electron chi connectivity index (χ4n) is 4.45. The molecule has 4 rings (SSSR count). The molecule has 0 aliphatic carbocycles. The number of ether oxygens (including phenoxy) is 2. The van der Waals surface area contributed by atoms with Crippen molar-refractivity contribution in [3.05, 3.63) is 118 Å². The maximum Gasteiger partial charge on any atom is 0.240 e. The van der Waals surface area contributed by atoms with E-state index in [4.69, 9.17) is 13.9 Å². The van der Waals surface area contributed by atoms with E-state index < -0.39 is 9.04 Å². The van der Waals surface area contributed by atoms with Gasteiger partial charge in [-0.3, -0.25) is 0 Å². The molecule has 0 N–H and O–H groups in total. The highest BCUT2D eigenvalue weighted by molar-refractivity contribution is 9.10. The number of hydrogen-bond donors (Lipinski definition) is 0. The second-order valence-electron chi connectivity index (χ2n) is 9.78. The Morgan fingerprint density at radius 3 is 1.78 bits per heavy atom. The van der Waals surface area contributed by atoms with Gasteiger partial charge in [0.2, 0.25) is 9.04 Å². The summed E-state index contributed by atoms with van der Waals surface area (Å²) in [6.07, 6.45) is 0. The Kier molecular flexibility index (Phi) is 8.67. The third-order valence-corrected chi connectivity index (χ3v) is 9.16. The van der Waals surface area contributed by atoms with E-state index in [1.165, 1.54) is 10.4 Å². The minimum absolute atomic E-state index is 0.185. The molecule has 0 amide bonds. The Bertz CT molecular complexity index is 1220. The Morgan fingerprint density at radius 1 is 0.750 bits per heavy atom. The maximum atomic E-state index is 6.86. The molecule has 0 aliphatic heterocycles. The molecule has 0 fully saturated rings. The summed E-state index contributed by atoms with van der Waals surface area (Å²) in [7, 11) is -0.222. The van der Waals surface area contributed by atoms with Crippen LogP contribution in [0, 0.1) is 0 Å². The van der Waals surface area contributed by atoms with Gasteiger partial charge in [-0.05, 0) is 43.3 Å². The molecule has 36 heavy (non-hydrogen) atoms. The van der Waals surface area contributed by atoms with Gasteiger partial charge in [-0.1, -0.05) is 112 Å². The Balaban J connectivity index is 1.75. The lowest BCUT2D eigenvalue weighted by Gasteiger charge is -2.29. The highest BCUT2D eigenvalue weighted by Crippen LogP contribution is 2.44. The number of methoxy groups -OCH3 is 1. The van der Waals surface area contributed by atoms with Crippen LogP contribution in [-0.4, -0.2) is 16.2 Å². The normalized spacial score (nSPS) is 11.5. The first kappa shape index (κ1) is 26.2. The summed E-state index contributed by atoms with van der Waals surface area (Å²) in [5.74, 6) is 1.64. The summed E-state index contributed by atoms with van der Waals surface area (Å²) in [4.78, 5) is 0. The van der Waals surface area contributed by atoms with Gasteiger partial charge in [-0.2, -0.15) is 0 Å². The van der Waals surface area contributed by atoms with Crippen molar-refractivity contribution in [3.63, 3.8) is 0 Å². The molecule has 3 nitrogen and oxygen atoms in total. The van der Waals surface area contributed by atoms with Crippen LogP contribution in [0.4, 0.5) is 0 Å². The predicted octanol–water partition coefficient (Wildman–Crippen LogP) is 6.39. The lowest BCUT2D eigenvalue weighted by molar-refractivity contribution is 0.273. The molecule has 0 radical (unpaired) electrons. The fraction of sp³-hybridized carbons (Fsp3) is 0.226. The van der Waals surface area contributed by atoms with E-state index in [1.807, 2.05) is 36.4 Å². The van der Waals surface area contributed by atoms with Crippen molar-refractivity contribution in [1.82, 2.24) is 0 Å². The van der Waals surface area contributed by atoms with Gasteiger partial charge >= 0.3 is 0 Å². The molecular formula is C31H33BrO3Si. The van der Waals surface area contributed by atoms with Crippen LogP contribution in [-0.2, 0) is 23.1 Å². The zero-order valence-electron chi connectivity index (χ0n) is 21.3. The van der Waals surface area contributed by atoms with E-state index in [9.17, 15) is 0 Å². The fourth-order valence-corrected chi connectivity index (χ4v) is 7.27. The summed E-state index contributed by atoms with van der Waals surface area (Å²) in [5.41, 5.74) is 3.06. The zero-order chi connectivity index (χ0) is 25.5. The predicted molar refractivity (Wildman–Crippen MR) is 154 cm³/mol. The summed E-state index contributed by atoms with van der Waals surface area (Å²) in [5, 5.41) is 2.49. The van der Waals surface area contributed by atoms with Gasteiger partial charge in [-0.25, -0.2) is 0 Å². The van der Waals surface area contributed by atoms with Crippen molar-refractivity contribution >= 4 is 35.3 Å². The highest BCUT2D eigenvalue weighted by Gasteiger charge is 2.29. The molecule has 0 saturated carbocycles. The van der Waals surface area contributed by atoms with Gasteiger partial charge in [0.05, 0.1) is 18.2 Å². The summed E-state index contributed by atoms with van der Waals surface area (Å²) < 4.78 is 20.1. The van der Waals surface area contributed by atoms with Crippen molar-refractivity contribution < 1.29 is 13.9 Å². The quantitative estimate of drug-likeness (QED) is 0.222. The molecule has 0 atom stereocenters. The van der Waals surface area contributed by atoms with Crippen LogP contribution in [0.3, 0.4) is 0 Å². The number of rotatable bonds is 9. The van der Waals surface area contributed by atoms with E-state index in [-0.39, 0.29) is 5.41 Å². The van der Waals surface area contributed by atoms with Crippen LogP contribution >= 0.6 is 15.9 Å². The molecule has 4 aromatic carbocycles. The van der Waals surface area contributed by atoms with Crippen molar-refractivity contribution in [2.45, 2.75) is 39.4 Å². The third-order valence-electron chi connectivity index (χ3n) is 6.09. The lowest BCUT2D eigenvalue weighted by atomic mass is 9.82. The van der Waals surface area contributed by atoms with Gasteiger partial charge in [0.25, 0.3) is 0 Å². The Hall–Kier alpha value is -2.86. The Labute approximate surface area is 224 Å². The van der Waals surface area contributed by atoms with Crippen LogP contribution in [0.25, 0.3) is 0 Å². The molecule has 0 aliphatic rings. The molecule has 0 heterocycles. The van der Waals surface area contributed by atoms with Crippen LogP contribution in [0.2, 0.25) is 0 Å². The van der Waals surface area contributed by atoms with Crippen molar-refractivity contribution in [3.8, 4) is 11.5 Å². The molecule has 0 spiro atoms. The van der Waals surface area contributed by atoms with Crippen molar-refractivity contribution in [2.24, 2.45) is 0 Å². The summed E-state index contributed by atoms with van der Waals surface area (Å²) in [6, 6.07) is 33.4. The van der Waals surface area contributed by atoms with Crippen LogP contribution in [0.15, 0.2) is 102 Å². The smallest absolute Gasteiger partial charge is 0.240 e. The molecule has 5 heteroatoms. The van der Waals surface area contributed by atoms with Crippen LogP contribution in [0.1, 0.15) is 37.5 Å². The highest BCUT2D eigenvalue weighted by atomic mass is 79.9. The topological polar surface area (TPSA) is 27.7 Å². The van der Waals surface area contributed by atoms with Gasteiger partial charge in [-0.15, -0.1) is 0 Å². The van der Waals surface area contributed by atoms with Crippen molar-refractivity contribution in [2.75, 3.05) is 7.11 Å². The Morgan fingerprint density at radius 2 is 1.28 bits per heavy atom. The van der Waals surface area contributed by atoms with Crippen LogP contribution < -0.4 is 19.8 Å². The molecule has 0 bridgehead atoms. The third kappa shape index (κ3) is 6.27.